The van der Waals surface area contributed by atoms with E-state index in [-0.39, 0.29) is 17.8 Å². The van der Waals surface area contributed by atoms with Gasteiger partial charge in [-0.3, -0.25) is 0 Å². The van der Waals surface area contributed by atoms with Gasteiger partial charge in [-0.25, -0.2) is 9.18 Å². The molecule has 0 aliphatic carbocycles. The SMILES string of the molecule is COc1cc(C)c(NC(=O)N2CCC[C@@H]2c2nncn2C)cc1F. The molecule has 1 atom stereocenters. The summed E-state index contributed by atoms with van der Waals surface area (Å²) in [5.41, 5.74) is 1.16. The zero-order chi connectivity index (χ0) is 17.3. The molecule has 0 bridgehead atoms. The maximum Gasteiger partial charge on any atom is 0.322 e. The van der Waals surface area contributed by atoms with Crippen LogP contribution in [0.25, 0.3) is 0 Å². The summed E-state index contributed by atoms with van der Waals surface area (Å²) in [6.07, 6.45) is 3.34. The highest BCUT2D eigenvalue weighted by Crippen LogP contribution is 2.32. The summed E-state index contributed by atoms with van der Waals surface area (Å²) in [4.78, 5) is 14.4. The Morgan fingerprint density at radius 3 is 2.92 bits per heavy atom. The Morgan fingerprint density at radius 1 is 1.46 bits per heavy atom. The second-order valence-electron chi connectivity index (χ2n) is 5.88. The van der Waals surface area contributed by atoms with Crippen molar-refractivity contribution in [1.29, 1.82) is 0 Å². The number of nitrogens with zero attached hydrogens (tertiary/aromatic N) is 4. The first kappa shape index (κ1) is 16.2. The van der Waals surface area contributed by atoms with Gasteiger partial charge in [0, 0.05) is 25.3 Å². The van der Waals surface area contributed by atoms with Crippen LogP contribution in [0.5, 0.6) is 5.75 Å². The van der Waals surface area contributed by atoms with Crippen molar-refractivity contribution in [2.45, 2.75) is 25.8 Å². The topological polar surface area (TPSA) is 72.3 Å². The van der Waals surface area contributed by atoms with E-state index in [1.165, 1.54) is 13.2 Å². The molecule has 1 saturated heterocycles. The number of hydrogen-bond donors (Lipinski definition) is 1. The van der Waals surface area contributed by atoms with Crippen molar-refractivity contribution in [3.8, 4) is 5.75 Å². The fourth-order valence-electron chi connectivity index (χ4n) is 3.01. The zero-order valence-electron chi connectivity index (χ0n) is 13.9. The average molecular weight is 333 g/mol. The molecule has 3 rings (SSSR count). The van der Waals surface area contributed by atoms with Gasteiger partial charge in [-0.2, -0.15) is 0 Å². The third-order valence-corrected chi connectivity index (χ3v) is 4.30. The maximum absolute atomic E-state index is 13.9. The van der Waals surface area contributed by atoms with Crippen LogP contribution >= 0.6 is 0 Å². The van der Waals surface area contributed by atoms with Crippen molar-refractivity contribution in [3.63, 3.8) is 0 Å². The summed E-state index contributed by atoms with van der Waals surface area (Å²) in [6.45, 7) is 2.42. The van der Waals surface area contributed by atoms with E-state index in [1.807, 2.05) is 11.6 Å². The number of urea groups is 1. The number of carbonyl (C=O) groups excluding carboxylic acids is 1. The molecule has 7 nitrogen and oxygen atoms in total. The summed E-state index contributed by atoms with van der Waals surface area (Å²) < 4.78 is 20.7. The lowest BCUT2D eigenvalue weighted by molar-refractivity contribution is 0.204. The number of halogens is 1. The van der Waals surface area contributed by atoms with Crippen molar-refractivity contribution in [3.05, 3.63) is 35.7 Å². The molecule has 1 aromatic heterocycles. The van der Waals surface area contributed by atoms with Crippen LogP contribution in [0, 0.1) is 12.7 Å². The van der Waals surface area contributed by atoms with Crippen molar-refractivity contribution in [2.75, 3.05) is 19.0 Å². The standard InChI is InChI=1S/C16H20FN5O2/c1-10-7-14(24-3)11(17)8-12(10)19-16(23)22-6-4-5-13(22)15-20-18-9-21(15)2/h7-9,13H,4-6H2,1-3H3,(H,19,23)/t13-/m1/s1. The van der Waals surface area contributed by atoms with Crippen LogP contribution in [-0.2, 0) is 7.05 Å². The number of likely N-dealkylation sites (tertiary alicyclic amines) is 1. The summed E-state index contributed by atoms with van der Waals surface area (Å²) in [6, 6.07) is 2.45. The number of rotatable bonds is 3. The summed E-state index contributed by atoms with van der Waals surface area (Å²) >= 11 is 0. The first-order valence-corrected chi connectivity index (χ1v) is 7.77. The number of benzene rings is 1. The summed E-state index contributed by atoms with van der Waals surface area (Å²) in [7, 11) is 3.26. The van der Waals surface area contributed by atoms with Crippen LogP contribution < -0.4 is 10.1 Å². The predicted molar refractivity (Wildman–Crippen MR) is 86.4 cm³/mol. The molecule has 0 saturated carbocycles. The van der Waals surface area contributed by atoms with Crippen LogP contribution in [0.3, 0.4) is 0 Å². The molecule has 8 heteroatoms. The normalized spacial score (nSPS) is 17.2. The second-order valence-corrected chi connectivity index (χ2v) is 5.88. The molecular weight excluding hydrogens is 313 g/mol. The Hall–Kier alpha value is -2.64. The largest absolute Gasteiger partial charge is 0.494 e. The summed E-state index contributed by atoms with van der Waals surface area (Å²) in [5.74, 6) is 0.397. The molecule has 24 heavy (non-hydrogen) atoms. The van der Waals surface area contributed by atoms with Crippen LogP contribution in [0.15, 0.2) is 18.5 Å². The lowest BCUT2D eigenvalue weighted by Crippen LogP contribution is -2.35. The molecule has 0 spiro atoms. The van der Waals surface area contributed by atoms with Crippen molar-refractivity contribution >= 4 is 11.7 Å². The van der Waals surface area contributed by atoms with E-state index < -0.39 is 5.82 Å². The number of hydrogen-bond acceptors (Lipinski definition) is 4. The maximum atomic E-state index is 13.9. The number of methoxy groups -OCH3 is 1. The Labute approximate surface area is 139 Å². The molecule has 1 N–H and O–H groups in total. The van der Waals surface area contributed by atoms with Crippen molar-refractivity contribution in [2.24, 2.45) is 7.05 Å². The number of carbonyl (C=O) groups is 1. The van der Waals surface area contributed by atoms with Gasteiger partial charge in [0.05, 0.1) is 13.2 Å². The molecule has 0 radical (unpaired) electrons. The van der Waals surface area contributed by atoms with E-state index in [0.29, 0.717) is 12.2 Å². The molecule has 1 aliphatic rings. The minimum atomic E-state index is -0.510. The molecule has 1 fully saturated rings. The molecule has 1 aromatic carbocycles. The van der Waals surface area contributed by atoms with Gasteiger partial charge in [-0.05, 0) is 31.4 Å². The van der Waals surface area contributed by atoms with E-state index in [4.69, 9.17) is 4.74 Å². The van der Waals surface area contributed by atoms with Gasteiger partial charge in [0.1, 0.15) is 6.33 Å². The lowest BCUT2D eigenvalue weighted by atomic mass is 10.2. The van der Waals surface area contributed by atoms with Crippen LogP contribution in [0.1, 0.15) is 30.3 Å². The minimum Gasteiger partial charge on any atom is -0.494 e. The smallest absolute Gasteiger partial charge is 0.322 e. The minimum absolute atomic E-state index is 0.124. The fraction of sp³-hybridized carbons (Fsp3) is 0.438. The Balaban J connectivity index is 1.80. The molecule has 2 amide bonds. The zero-order valence-corrected chi connectivity index (χ0v) is 13.9. The van der Waals surface area contributed by atoms with Gasteiger partial charge in [-0.1, -0.05) is 0 Å². The highest BCUT2D eigenvalue weighted by Gasteiger charge is 2.33. The van der Waals surface area contributed by atoms with Gasteiger partial charge >= 0.3 is 6.03 Å². The highest BCUT2D eigenvalue weighted by atomic mass is 19.1. The quantitative estimate of drug-likeness (QED) is 0.937. The van der Waals surface area contributed by atoms with E-state index in [0.717, 1.165) is 24.2 Å². The van der Waals surface area contributed by atoms with Crippen LogP contribution in [0.2, 0.25) is 0 Å². The number of ether oxygens (including phenoxy) is 1. The van der Waals surface area contributed by atoms with E-state index in [9.17, 15) is 9.18 Å². The third kappa shape index (κ3) is 2.91. The fourth-order valence-corrected chi connectivity index (χ4v) is 3.01. The van der Waals surface area contributed by atoms with Crippen LogP contribution in [-0.4, -0.2) is 39.4 Å². The Kier molecular flexibility index (Phi) is 4.37. The van der Waals surface area contributed by atoms with E-state index in [2.05, 4.69) is 15.5 Å². The first-order chi connectivity index (χ1) is 11.5. The number of aryl methyl sites for hydroxylation is 2. The van der Waals surface area contributed by atoms with Gasteiger partial charge in [0.15, 0.2) is 17.4 Å². The number of aromatic nitrogens is 3. The molecule has 2 aromatic rings. The molecule has 2 heterocycles. The van der Waals surface area contributed by atoms with Gasteiger partial charge in [0.2, 0.25) is 0 Å². The molecule has 1 aliphatic heterocycles. The molecular formula is C16H20FN5O2. The van der Waals surface area contributed by atoms with Crippen molar-refractivity contribution in [1.82, 2.24) is 19.7 Å². The summed E-state index contributed by atoms with van der Waals surface area (Å²) in [5, 5.41) is 10.8. The van der Waals surface area contributed by atoms with Crippen LogP contribution in [0.4, 0.5) is 14.9 Å². The molecule has 0 unspecified atom stereocenters. The highest BCUT2D eigenvalue weighted by molar-refractivity contribution is 5.90. The Bertz CT molecular complexity index is 761. The Morgan fingerprint density at radius 2 is 2.25 bits per heavy atom. The van der Waals surface area contributed by atoms with E-state index >= 15 is 0 Å². The second kappa shape index (κ2) is 6.46. The first-order valence-electron chi connectivity index (χ1n) is 7.77. The van der Waals surface area contributed by atoms with Crippen molar-refractivity contribution < 1.29 is 13.9 Å². The van der Waals surface area contributed by atoms with Gasteiger partial charge in [-0.15, -0.1) is 10.2 Å². The number of amides is 2. The third-order valence-electron chi connectivity index (χ3n) is 4.30. The average Bonchev–Trinajstić information content (AvgIpc) is 3.18. The van der Waals surface area contributed by atoms with Gasteiger partial charge < -0.3 is 19.5 Å². The molecule has 128 valence electrons. The van der Waals surface area contributed by atoms with Gasteiger partial charge in [0.25, 0.3) is 0 Å². The van der Waals surface area contributed by atoms with E-state index in [1.54, 1.807) is 24.2 Å². The number of nitrogens with one attached hydrogen (secondary N) is 1. The monoisotopic (exact) mass is 333 g/mol. The predicted octanol–water partition coefficient (Wildman–Crippen LogP) is 2.64. The lowest BCUT2D eigenvalue weighted by Gasteiger charge is -2.24. The number of anilines is 1.